The number of rotatable bonds is 8. The third kappa shape index (κ3) is 5.65. The molecule has 6 heteroatoms. The Morgan fingerprint density at radius 2 is 1.65 bits per heavy atom. The molecule has 2 aliphatic rings. The van der Waals surface area contributed by atoms with Gasteiger partial charge in [0.15, 0.2) is 0 Å². The largest absolute Gasteiger partial charge is 0.388 e. The van der Waals surface area contributed by atoms with Crippen molar-refractivity contribution >= 4 is 22.4 Å². The molecule has 1 N–H and O–H groups in total. The molecule has 40 heavy (non-hydrogen) atoms. The highest BCUT2D eigenvalue weighted by molar-refractivity contribution is 5.80. The number of benzene rings is 2. The first-order valence-electron chi connectivity index (χ1n) is 14.7. The van der Waals surface area contributed by atoms with Gasteiger partial charge >= 0.3 is 0 Å². The molecule has 2 fully saturated rings. The monoisotopic (exact) mass is 534 g/mol. The molecule has 0 spiro atoms. The van der Waals surface area contributed by atoms with Crippen molar-refractivity contribution in [2.24, 2.45) is 0 Å². The first kappa shape index (κ1) is 26.6. The molecular weight excluding hydrogens is 492 g/mol. The number of aromatic nitrogens is 2. The molecule has 2 aromatic heterocycles. The van der Waals surface area contributed by atoms with Crippen LogP contribution >= 0.6 is 0 Å². The van der Waals surface area contributed by atoms with Crippen LogP contribution in [0.4, 0.5) is 5.69 Å². The Bertz CT molecular complexity index is 1440. The topological polar surface area (TPSA) is 39.6 Å². The zero-order valence-electron chi connectivity index (χ0n) is 24.0. The van der Waals surface area contributed by atoms with E-state index in [0.717, 1.165) is 69.3 Å². The van der Waals surface area contributed by atoms with E-state index in [1.807, 2.05) is 13.2 Å². The van der Waals surface area contributed by atoms with Crippen molar-refractivity contribution in [2.75, 3.05) is 58.3 Å². The second-order valence-corrected chi connectivity index (χ2v) is 11.5. The summed E-state index contributed by atoms with van der Waals surface area (Å²) in [6.07, 6.45) is 6.59. The first-order valence-corrected chi connectivity index (χ1v) is 14.7. The Balaban J connectivity index is 1.11. The molecule has 0 unspecified atom stereocenters. The fourth-order valence-corrected chi connectivity index (χ4v) is 6.39. The summed E-state index contributed by atoms with van der Waals surface area (Å²) in [7, 11) is 4.13. The quantitative estimate of drug-likeness (QED) is 0.328. The van der Waals surface area contributed by atoms with Crippen molar-refractivity contribution in [2.45, 2.75) is 31.8 Å². The number of piperazine rings is 1. The van der Waals surface area contributed by atoms with Crippen LogP contribution < -0.4 is 10.2 Å². The molecule has 4 aromatic rings. The summed E-state index contributed by atoms with van der Waals surface area (Å²) in [5.41, 5.74) is 8.77. The van der Waals surface area contributed by atoms with Crippen LogP contribution in [0.1, 0.15) is 41.0 Å². The van der Waals surface area contributed by atoms with Gasteiger partial charge in [-0.1, -0.05) is 49.0 Å². The Morgan fingerprint density at radius 1 is 0.900 bits per heavy atom. The molecule has 6 rings (SSSR count). The SMILES string of the molecule is C=C(NC)c1ccc(Cn2ccc3c(C4CCN(Cc5ccccc5N5CCN(C)CC5)CC4)ccnc32)cc1. The summed E-state index contributed by atoms with van der Waals surface area (Å²) in [6.45, 7) is 12.7. The first-order chi connectivity index (χ1) is 19.6. The maximum atomic E-state index is 4.80. The molecule has 0 atom stereocenters. The number of para-hydroxylation sites is 1. The Kier molecular flexibility index (Phi) is 7.89. The van der Waals surface area contributed by atoms with E-state index in [4.69, 9.17) is 4.98 Å². The number of pyridine rings is 1. The number of nitrogens with one attached hydrogen (secondary N) is 1. The van der Waals surface area contributed by atoms with Crippen molar-refractivity contribution in [3.8, 4) is 0 Å². The minimum Gasteiger partial charge on any atom is -0.388 e. The second kappa shape index (κ2) is 11.9. The van der Waals surface area contributed by atoms with E-state index in [1.165, 1.54) is 40.6 Å². The number of nitrogens with zero attached hydrogens (tertiary/aromatic N) is 5. The molecule has 2 aromatic carbocycles. The summed E-state index contributed by atoms with van der Waals surface area (Å²) in [4.78, 5) is 12.5. The predicted molar refractivity (Wildman–Crippen MR) is 167 cm³/mol. The van der Waals surface area contributed by atoms with Crippen molar-refractivity contribution in [3.05, 3.63) is 102 Å². The van der Waals surface area contributed by atoms with E-state index in [0.29, 0.717) is 5.92 Å². The van der Waals surface area contributed by atoms with Crippen molar-refractivity contribution in [3.63, 3.8) is 0 Å². The van der Waals surface area contributed by atoms with Crippen LogP contribution in [-0.4, -0.2) is 72.7 Å². The lowest BCUT2D eigenvalue weighted by Crippen LogP contribution is -2.45. The minimum absolute atomic E-state index is 0.581. The van der Waals surface area contributed by atoms with Crippen molar-refractivity contribution < 1.29 is 0 Å². The highest BCUT2D eigenvalue weighted by Crippen LogP contribution is 2.34. The Morgan fingerprint density at radius 3 is 2.40 bits per heavy atom. The molecule has 2 aliphatic heterocycles. The van der Waals surface area contributed by atoms with Gasteiger partial charge in [0.1, 0.15) is 5.65 Å². The van der Waals surface area contributed by atoms with E-state index < -0.39 is 0 Å². The smallest absolute Gasteiger partial charge is 0.140 e. The highest BCUT2D eigenvalue weighted by atomic mass is 15.3. The second-order valence-electron chi connectivity index (χ2n) is 11.5. The lowest BCUT2D eigenvalue weighted by atomic mass is 9.88. The summed E-state index contributed by atoms with van der Waals surface area (Å²) in [6, 6.07) is 22.2. The minimum atomic E-state index is 0.581. The average molecular weight is 535 g/mol. The van der Waals surface area contributed by atoms with Gasteiger partial charge in [-0.3, -0.25) is 4.90 Å². The standard InChI is InChI=1S/C34H42N6/c1-26(35-2)28-10-8-27(9-11-28)24-40-19-15-32-31(12-16-36-34(32)40)29-13-17-38(18-14-29)25-30-6-4-5-7-33(30)39-22-20-37(3)21-23-39/h4-12,15-16,19,29,35H,1,13-14,17-18,20-25H2,2-3H3. The highest BCUT2D eigenvalue weighted by Gasteiger charge is 2.24. The third-order valence-electron chi connectivity index (χ3n) is 8.91. The molecule has 6 nitrogen and oxygen atoms in total. The van der Waals surface area contributed by atoms with E-state index in [9.17, 15) is 0 Å². The van der Waals surface area contributed by atoms with Crippen LogP contribution in [0, 0.1) is 0 Å². The van der Waals surface area contributed by atoms with Crippen LogP contribution in [0.3, 0.4) is 0 Å². The van der Waals surface area contributed by atoms with Gasteiger partial charge in [0.05, 0.1) is 0 Å². The number of piperidine rings is 1. The normalized spacial score (nSPS) is 17.4. The summed E-state index contributed by atoms with van der Waals surface area (Å²) < 4.78 is 2.28. The molecule has 0 amide bonds. The lowest BCUT2D eigenvalue weighted by molar-refractivity contribution is 0.205. The molecule has 0 bridgehead atoms. The molecule has 4 heterocycles. The van der Waals surface area contributed by atoms with Gasteiger partial charge in [0, 0.05) is 75.5 Å². The maximum absolute atomic E-state index is 4.80. The van der Waals surface area contributed by atoms with Gasteiger partial charge in [-0.2, -0.15) is 0 Å². The number of likely N-dealkylation sites (N-methyl/N-ethyl adjacent to an activating group) is 1. The summed E-state index contributed by atoms with van der Waals surface area (Å²) >= 11 is 0. The van der Waals surface area contributed by atoms with Crippen LogP contribution in [0.15, 0.2) is 79.6 Å². The number of hydrogen-bond acceptors (Lipinski definition) is 5. The van der Waals surface area contributed by atoms with Gasteiger partial charge in [0.25, 0.3) is 0 Å². The molecular formula is C34H42N6. The molecule has 2 saturated heterocycles. The number of hydrogen-bond donors (Lipinski definition) is 1. The average Bonchev–Trinajstić information content (AvgIpc) is 3.41. The fourth-order valence-electron chi connectivity index (χ4n) is 6.39. The Labute approximate surface area is 238 Å². The van der Waals surface area contributed by atoms with Crippen molar-refractivity contribution in [1.29, 1.82) is 0 Å². The molecule has 0 radical (unpaired) electrons. The fraction of sp³-hybridized carbons (Fsp3) is 0.382. The number of anilines is 1. The Hall–Kier alpha value is -3.61. The maximum Gasteiger partial charge on any atom is 0.140 e. The van der Waals surface area contributed by atoms with Gasteiger partial charge in [-0.15, -0.1) is 0 Å². The zero-order chi connectivity index (χ0) is 27.5. The molecule has 0 aliphatic carbocycles. The number of likely N-dealkylation sites (tertiary alicyclic amines) is 1. The summed E-state index contributed by atoms with van der Waals surface area (Å²) in [5.74, 6) is 0.581. The van der Waals surface area contributed by atoms with Crippen LogP contribution in [0.2, 0.25) is 0 Å². The predicted octanol–water partition coefficient (Wildman–Crippen LogP) is 5.41. The van der Waals surface area contributed by atoms with E-state index in [-0.39, 0.29) is 0 Å². The molecule has 0 saturated carbocycles. The van der Waals surface area contributed by atoms with Gasteiger partial charge < -0.3 is 19.7 Å². The van der Waals surface area contributed by atoms with Crippen LogP contribution in [-0.2, 0) is 13.1 Å². The van der Waals surface area contributed by atoms with E-state index in [1.54, 1.807) is 0 Å². The van der Waals surface area contributed by atoms with Crippen molar-refractivity contribution in [1.82, 2.24) is 24.7 Å². The van der Waals surface area contributed by atoms with E-state index >= 15 is 0 Å². The van der Waals surface area contributed by atoms with Crippen LogP contribution in [0.25, 0.3) is 16.7 Å². The van der Waals surface area contributed by atoms with E-state index in [2.05, 4.69) is 105 Å². The van der Waals surface area contributed by atoms with Gasteiger partial charge in [0.2, 0.25) is 0 Å². The molecule has 208 valence electrons. The van der Waals surface area contributed by atoms with Crippen LogP contribution in [0.5, 0.6) is 0 Å². The summed E-state index contributed by atoms with van der Waals surface area (Å²) in [5, 5.41) is 4.43. The lowest BCUT2D eigenvalue weighted by Gasteiger charge is -2.37. The van der Waals surface area contributed by atoms with Gasteiger partial charge in [-0.05, 0) is 79.3 Å². The zero-order valence-corrected chi connectivity index (χ0v) is 24.0. The third-order valence-corrected chi connectivity index (χ3v) is 8.91. The van der Waals surface area contributed by atoms with Gasteiger partial charge in [-0.25, -0.2) is 4.98 Å². The number of fused-ring (bicyclic) bond motifs is 1.